The van der Waals surface area contributed by atoms with Crippen LogP contribution in [0.5, 0.6) is 0 Å². The van der Waals surface area contributed by atoms with E-state index >= 15 is 0 Å². The minimum atomic E-state index is -0.813. The third-order valence-electron chi connectivity index (χ3n) is 2.26. The number of carbonyl (C=O) groups is 1. The van der Waals surface area contributed by atoms with Crippen LogP contribution in [0.25, 0.3) is 0 Å². The summed E-state index contributed by atoms with van der Waals surface area (Å²) in [7, 11) is 1.69. The second kappa shape index (κ2) is 5.90. The number of carbonyl (C=O) groups excluding carboxylic acids is 1. The summed E-state index contributed by atoms with van der Waals surface area (Å²) in [6.45, 7) is 1.83. The van der Waals surface area contributed by atoms with Crippen molar-refractivity contribution in [3.05, 3.63) is 16.1 Å². The van der Waals surface area contributed by atoms with Gasteiger partial charge in [-0.15, -0.1) is 16.4 Å². The number of thioether (sulfide) groups is 1. The lowest BCUT2D eigenvalue weighted by Gasteiger charge is -2.03. The number of rotatable bonds is 5. The van der Waals surface area contributed by atoms with Gasteiger partial charge in [-0.1, -0.05) is 11.8 Å². The maximum atomic E-state index is 12.0. The molecule has 2 heterocycles. The molecule has 7 nitrogen and oxygen atoms in total. The maximum absolute atomic E-state index is 12.0. The van der Waals surface area contributed by atoms with Crippen LogP contribution in [-0.4, -0.2) is 36.7 Å². The number of ketones is 1. The van der Waals surface area contributed by atoms with Crippen LogP contribution in [0, 0.1) is 18.3 Å². The second-order valence-corrected chi connectivity index (χ2v) is 5.56. The highest BCUT2D eigenvalue weighted by Gasteiger charge is 2.23. The van der Waals surface area contributed by atoms with E-state index in [9.17, 15) is 4.79 Å². The van der Waals surface area contributed by atoms with Crippen LogP contribution < -0.4 is 0 Å². The molecule has 98 valence electrons. The van der Waals surface area contributed by atoms with E-state index in [1.54, 1.807) is 7.05 Å². The first-order valence-electron chi connectivity index (χ1n) is 5.31. The van der Waals surface area contributed by atoms with Gasteiger partial charge in [-0.3, -0.25) is 4.79 Å². The largest absolute Gasteiger partial charge is 0.297 e. The topological polar surface area (TPSA) is 97.4 Å². The van der Waals surface area contributed by atoms with E-state index in [1.165, 1.54) is 27.8 Å². The summed E-state index contributed by atoms with van der Waals surface area (Å²) in [4.78, 5) is 16.2. The smallest absolute Gasteiger partial charge is 0.209 e. The standard InChI is InChI=1S/C10H10N6OS2/c1-6-4-18-9(12-6)7(3-11)8(17)5-19-10-13-14-15-16(10)2/h4,7H,5H2,1-2H3/t7-/m0/s1. The molecule has 0 aliphatic rings. The average molecular weight is 294 g/mol. The van der Waals surface area contributed by atoms with E-state index in [0.29, 0.717) is 10.2 Å². The Morgan fingerprint density at radius 2 is 2.47 bits per heavy atom. The summed E-state index contributed by atoms with van der Waals surface area (Å²) >= 11 is 2.54. The quantitative estimate of drug-likeness (QED) is 0.757. The fraction of sp³-hybridized carbons (Fsp3) is 0.400. The van der Waals surface area contributed by atoms with E-state index in [-0.39, 0.29) is 11.5 Å². The number of tetrazole rings is 1. The monoisotopic (exact) mass is 294 g/mol. The lowest BCUT2D eigenvalue weighted by Crippen LogP contribution is -2.13. The molecule has 0 N–H and O–H groups in total. The van der Waals surface area contributed by atoms with E-state index in [4.69, 9.17) is 5.26 Å². The third-order valence-corrected chi connectivity index (χ3v) is 4.32. The van der Waals surface area contributed by atoms with Gasteiger partial charge in [0, 0.05) is 18.1 Å². The van der Waals surface area contributed by atoms with Gasteiger partial charge in [0.05, 0.1) is 11.8 Å². The van der Waals surface area contributed by atoms with Gasteiger partial charge in [-0.2, -0.15) is 5.26 Å². The molecule has 1 atom stereocenters. The summed E-state index contributed by atoms with van der Waals surface area (Å²) in [5.41, 5.74) is 0.818. The molecule has 2 aromatic heterocycles. The molecule has 2 aromatic rings. The zero-order chi connectivity index (χ0) is 13.8. The van der Waals surface area contributed by atoms with Crippen LogP contribution in [0.2, 0.25) is 0 Å². The summed E-state index contributed by atoms with van der Waals surface area (Å²) in [6.07, 6.45) is 0. The highest BCUT2D eigenvalue weighted by Crippen LogP contribution is 2.23. The molecule has 0 aliphatic heterocycles. The van der Waals surface area contributed by atoms with Crippen molar-refractivity contribution in [2.75, 3.05) is 5.75 Å². The Morgan fingerprint density at radius 1 is 1.68 bits per heavy atom. The van der Waals surface area contributed by atoms with Crippen LogP contribution in [-0.2, 0) is 11.8 Å². The van der Waals surface area contributed by atoms with Crippen LogP contribution in [0.1, 0.15) is 16.6 Å². The van der Waals surface area contributed by atoms with E-state index in [0.717, 1.165) is 5.69 Å². The highest BCUT2D eigenvalue weighted by molar-refractivity contribution is 7.99. The number of aryl methyl sites for hydroxylation is 2. The van der Waals surface area contributed by atoms with Gasteiger partial charge in [0.1, 0.15) is 5.01 Å². The van der Waals surface area contributed by atoms with Gasteiger partial charge >= 0.3 is 0 Å². The zero-order valence-corrected chi connectivity index (χ0v) is 11.9. The van der Waals surface area contributed by atoms with Crippen molar-refractivity contribution in [1.82, 2.24) is 25.2 Å². The van der Waals surface area contributed by atoms with Gasteiger partial charge in [-0.25, -0.2) is 9.67 Å². The van der Waals surface area contributed by atoms with Crippen molar-refractivity contribution < 1.29 is 4.79 Å². The first-order chi connectivity index (χ1) is 9.11. The van der Waals surface area contributed by atoms with E-state index < -0.39 is 5.92 Å². The molecule has 0 amide bonds. The molecule has 0 radical (unpaired) electrons. The van der Waals surface area contributed by atoms with Crippen molar-refractivity contribution in [2.24, 2.45) is 7.05 Å². The Balaban J connectivity index is 2.02. The Labute approximate surface area is 117 Å². The molecule has 0 bridgehead atoms. The molecular weight excluding hydrogens is 284 g/mol. The van der Waals surface area contributed by atoms with E-state index in [1.807, 2.05) is 18.4 Å². The predicted octanol–water partition coefficient (Wildman–Crippen LogP) is 0.944. The molecule has 0 fully saturated rings. The van der Waals surface area contributed by atoms with E-state index in [2.05, 4.69) is 20.5 Å². The molecular formula is C10H10N6OS2. The van der Waals surface area contributed by atoms with Crippen LogP contribution in [0.4, 0.5) is 0 Å². The Kier molecular flexibility index (Phi) is 4.24. The minimum absolute atomic E-state index is 0.144. The third kappa shape index (κ3) is 3.15. The number of aromatic nitrogens is 5. The Bertz CT molecular complexity index is 628. The molecule has 0 unspecified atom stereocenters. The number of nitriles is 1. The Morgan fingerprint density at radius 3 is 3.00 bits per heavy atom. The fourth-order valence-electron chi connectivity index (χ4n) is 1.33. The molecule has 0 saturated heterocycles. The van der Waals surface area contributed by atoms with Crippen molar-refractivity contribution >= 4 is 28.9 Å². The first kappa shape index (κ1) is 13.6. The van der Waals surface area contributed by atoms with Gasteiger partial charge in [0.25, 0.3) is 0 Å². The average Bonchev–Trinajstić information content (AvgIpc) is 2.97. The van der Waals surface area contributed by atoms with Crippen molar-refractivity contribution in [3.63, 3.8) is 0 Å². The van der Waals surface area contributed by atoms with Gasteiger partial charge in [0.15, 0.2) is 11.7 Å². The maximum Gasteiger partial charge on any atom is 0.209 e. The number of hydrogen-bond acceptors (Lipinski definition) is 8. The van der Waals surface area contributed by atoms with Crippen LogP contribution >= 0.6 is 23.1 Å². The lowest BCUT2D eigenvalue weighted by molar-refractivity contribution is -0.116. The fourth-order valence-corrected chi connectivity index (χ4v) is 2.95. The summed E-state index contributed by atoms with van der Waals surface area (Å²) in [5.74, 6) is -0.859. The number of nitrogens with zero attached hydrogens (tertiary/aromatic N) is 6. The molecule has 0 aliphatic carbocycles. The number of hydrogen-bond donors (Lipinski definition) is 0. The molecule has 0 spiro atoms. The van der Waals surface area contributed by atoms with Gasteiger partial charge in [-0.05, 0) is 17.4 Å². The SMILES string of the molecule is Cc1csc([C@@H](C#N)C(=O)CSc2nnnn2C)n1. The molecule has 9 heteroatoms. The molecule has 0 aromatic carbocycles. The highest BCUT2D eigenvalue weighted by atomic mass is 32.2. The normalized spacial score (nSPS) is 12.1. The summed E-state index contributed by atoms with van der Waals surface area (Å²) in [6, 6.07) is 2.00. The predicted molar refractivity (Wildman–Crippen MR) is 69.7 cm³/mol. The van der Waals surface area contributed by atoms with Crippen molar-refractivity contribution in [3.8, 4) is 6.07 Å². The molecule has 0 saturated carbocycles. The summed E-state index contributed by atoms with van der Waals surface area (Å²) < 4.78 is 1.48. The second-order valence-electron chi connectivity index (χ2n) is 3.73. The number of Topliss-reactive ketones (excluding diaryl/α,β-unsaturated/α-hetero) is 1. The number of thiazole rings is 1. The van der Waals surface area contributed by atoms with Gasteiger partial charge < -0.3 is 0 Å². The first-order valence-corrected chi connectivity index (χ1v) is 7.18. The Hall–Kier alpha value is -1.79. The van der Waals surface area contributed by atoms with Crippen LogP contribution in [0.3, 0.4) is 0 Å². The van der Waals surface area contributed by atoms with Gasteiger partial charge in [0.2, 0.25) is 5.16 Å². The zero-order valence-electron chi connectivity index (χ0n) is 10.3. The minimum Gasteiger partial charge on any atom is -0.297 e. The van der Waals surface area contributed by atoms with Crippen molar-refractivity contribution in [2.45, 2.75) is 18.0 Å². The van der Waals surface area contributed by atoms with Crippen molar-refractivity contribution in [1.29, 1.82) is 5.26 Å². The van der Waals surface area contributed by atoms with Crippen LogP contribution in [0.15, 0.2) is 10.5 Å². The lowest BCUT2D eigenvalue weighted by atomic mass is 10.1. The molecule has 19 heavy (non-hydrogen) atoms. The summed E-state index contributed by atoms with van der Waals surface area (Å²) in [5, 5.41) is 22.9. The molecule has 2 rings (SSSR count).